The lowest BCUT2D eigenvalue weighted by Gasteiger charge is -2.08. The maximum Gasteiger partial charge on any atom is 0.156 e. The number of hydrogen-bond acceptors (Lipinski definition) is 3. The maximum atomic E-state index is 13.3. The van der Waals surface area contributed by atoms with E-state index in [1.165, 1.54) is 18.2 Å². The molecule has 0 radical (unpaired) electrons. The molecule has 0 aliphatic carbocycles. The van der Waals surface area contributed by atoms with Gasteiger partial charge in [0, 0.05) is 0 Å². The zero-order valence-electron chi connectivity index (χ0n) is 9.26. The van der Waals surface area contributed by atoms with Gasteiger partial charge in [-0.05, 0) is 36.4 Å². The van der Waals surface area contributed by atoms with Crippen molar-refractivity contribution in [3.8, 4) is 17.6 Å². The highest BCUT2D eigenvalue weighted by molar-refractivity contribution is 5.79. The van der Waals surface area contributed by atoms with Crippen molar-refractivity contribution in [2.24, 2.45) is 0 Å². The first kappa shape index (κ1) is 11.8. The van der Waals surface area contributed by atoms with Gasteiger partial charge in [-0.3, -0.25) is 4.79 Å². The number of carbonyl (C=O) groups is 1. The van der Waals surface area contributed by atoms with Crippen LogP contribution in [0.5, 0.6) is 11.5 Å². The second-order valence-corrected chi connectivity index (χ2v) is 3.51. The van der Waals surface area contributed by atoms with Crippen LogP contribution in [0, 0.1) is 17.1 Å². The minimum Gasteiger partial charge on any atom is -0.457 e. The van der Waals surface area contributed by atoms with Crippen molar-refractivity contribution < 1.29 is 13.9 Å². The summed E-state index contributed by atoms with van der Waals surface area (Å²) in [5, 5.41) is 8.65. The lowest BCUT2D eigenvalue weighted by Crippen LogP contribution is -1.93. The van der Waals surface area contributed by atoms with E-state index in [0.29, 0.717) is 17.6 Å². The average Bonchev–Trinajstić information content (AvgIpc) is 2.40. The normalized spacial score (nSPS) is 9.56. The van der Waals surface area contributed by atoms with Crippen LogP contribution >= 0.6 is 0 Å². The van der Waals surface area contributed by atoms with Gasteiger partial charge in [-0.15, -0.1) is 0 Å². The van der Waals surface area contributed by atoms with Gasteiger partial charge in [-0.1, -0.05) is 6.07 Å². The monoisotopic (exact) mass is 241 g/mol. The van der Waals surface area contributed by atoms with Crippen LogP contribution in [-0.4, -0.2) is 6.29 Å². The van der Waals surface area contributed by atoms with E-state index in [0.717, 1.165) is 0 Å². The number of nitriles is 1. The molecule has 0 aliphatic rings. The third-order valence-corrected chi connectivity index (χ3v) is 2.34. The standard InChI is InChI=1S/C14H8FNO2/c15-13-2-1-3-14(12(13)9-17)18-11-6-4-10(8-16)5-7-11/h1-7,9H. The number of halogens is 1. The quantitative estimate of drug-likeness (QED) is 0.774. The summed E-state index contributed by atoms with van der Waals surface area (Å²) in [5.41, 5.74) is 0.374. The molecule has 4 heteroatoms. The van der Waals surface area contributed by atoms with Crippen LogP contribution in [0.1, 0.15) is 15.9 Å². The summed E-state index contributed by atoms with van der Waals surface area (Å²) in [7, 11) is 0. The molecule has 0 unspecified atom stereocenters. The number of ether oxygens (including phenoxy) is 1. The summed E-state index contributed by atoms with van der Waals surface area (Å²) in [5.74, 6) is -0.0476. The van der Waals surface area contributed by atoms with Gasteiger partial charge < -0.3 is 4.74 Å². The van der Waals surface area contributed by atoms with Gasteiger partial charge in [0.1, 0.15) is 17.3 Å². The molecule has 0 N–H and O–H groups in total. The van der Waals surface area contributed by atoms with Gasteiger partial charge >= 0.3 is 0 Å². The van der Waals surface area contributed by atoms with Crippen LogP contribution in [0.15, 0.2) is 42.5 Å². The Morgan fingerprint density at radius 1 is 1.17 bits per heavy atom. The van der Waals surface area contributed by atoms with E-state index in [9.17, 15) is 9.18 Å². The Bertz CT molecular complexity index is 615. The Morgan fingerprint density at radius 3 is 2.50 bits per heavy atom. The van der Waals surface area contributed by atoms with E-state index >= 15 is 0 Å². The molecule has 3 nitrogen and oxygen atoms in total. The number of rotatable bonds is 3. The molecule has 0 fully saturated rings. The highest BCUT2D eigenvalue weighted by Crippen LogP contribution is 2.26. The van der Waals surface area contributed by atoms with Crippen molar-refractivity contribution >= 4 is 6.29 Å². The molecule has 0 spiro atoms. The van der Waals surface area contributed by atoms with Crippen molar-refractivity contribution in [3.05, 3.63) is 59.4 Å². The van der Waals surface area contributed by atoms with Gasteiger partial charge in [0.15, 0.2) is 6.29 Å². The molecule has 0 saturated carbocycles. The summed E-state index contributed by atoms with van der Waals surface area (Å²) in [4.78, 5) is 10.8. The maximum absolute atomic E-state index is 13.3. The molecule has 2 aromatic rings. The summed E-state index contributed by atoms with van der Waals surface area (Å²) in [6, 6.07) is 12.5. The first-order valence-electron chi connectivity index (χ1n) is 5.16. The van der Waals surface area contributed by atoms with E-state index in [-0.39, 0.29) is 11.3 Å². The van der Waals surface area contributed by atoms with E-state index < -0.39 is 5.82 Å². The second kappa shape index (κ2) is 5.11. The summed E-state index contributed by atoms with van der Waals surface area (Å²) < 4.78 is 18.7. The second-order valence-electron chi connectivity index (χ2n) is 3.51. The molecule has 88 valence electrons. The lowest BCUT2D eigenvalue weighted by molar-refractivity contribution is 0.111. The molecular weight excluding hydrogens is 233 g/mol. The van der Waals surface area contributed by atoms with Crippen LogP contribution in [0.2, 0.25) is 0 Å². The van der Waals surface area contributed by atoms with Crippen LogP contribution in [0.25, 0.3) is 0 Å². The number of hydrogen-bond donors (Lipinski definition) is 0. The molecule has 2 aromatic carbocycles. The van der Waals surface area contributed by atoms with E-state index in [4.69, 9.17) is 10.00 Å². The summed E-state index contributed by atoms with van der Waals surface area (Å²) in [6.07, 6.45) is 0.411. The van der Waals surface area contributed by atoms with Crippen LogP contribution in [-0.2, 0) is 0 Å². The molecule has 0 atom stereocenters. The highest BCUT2D eigenvalue weighted by Gasteiger charge is 2.09. The van der Waals surface area contributed by atoms with Gasteiger partial charge in [-0.2, -0.15) is 5.26 Å². The number of carbonyl (C=O) groups excluding carboxylic acids is 1. The van der Waals surface area contributed by atoms with Gasteiger partial charge in [-0.25, -0.2) is 4.39 Å². The van der Waals surface area contributed by atoms with Crippen molar-refractivity contribution in [2.75, 3.05) is 0 Å². The van der Waals surface area contributed by atoms with E-state index in [2.05, 4.69) is 0 Å². The molecule has 2 rings (SSSR count). The average molecular weight is 241 g/mol. The Kier molecular flexibility index (Phi) is 3.35. The van der Waals surface area contributed by atoms with Gasteiger partial charge in [0.25, 0.3) is 0 Å². The molecular formula is C14H8FNO2. The zero-order valence-corrected chi connectivity index (χ0v) is 9.26. The number of benzene rings is 2. The topological polar surface area (TPSA) is 50.1 Å². The lowest BCUT2D eigenvalue weighted by atomic mass is 10.2. The molecule has 0 amide bonds. The van der Waals surface area contributed by atoms with Gasteiger partial charge in [0.2, 0.25) is 0 Å². The van der Waals surface area contributed by atoms with E-state index in [1.807, 2.05) is 6.07 Å². The Labute approximate surface area is 103 Å². The molecule has 0 aromatic heterocycles. The fourth-order valence-electron chi connectivity index (χ4n) is 1.45. The Balaban J connectivity index is 2.31. The van der Waals surface area contributed by atoms with Crippen LogP contribution in [0.4, 0.5) is 4.39 Å². The van der Waals surface area contributed by atoms with Gasteiger partial charge in [0.05, 0.1) is 17.2 Å². The van der Waals surface area contributed by atoms with E-state index in [1.54, 1.807) is 24.3 Å². The third kappa shape index (κ3) is 2.36. The van der Waals surface area contributed by atoms with Crippen molar-refractivity contribution in [1.82, 2.24) is 0 Å². The minimum atomic E-state index is -0.629. The molecule has 18 heavy (non-hydrogen) atoms. The van der Waals surface area contributed by atoms with Crippen molar-refractivity contribution in [3.63, 3.8) is 0 Å². The summed E-state index contributed by atoms with van der Waals surface area (Å²) >= 11 is 0. The largest absolute Gasteiger partial charge is 0.457 e. The molecule has 0 heterocycles. The highest BCUT2D eigenvalue weighted by atomic mass is 19.1. The predicted octanol–water partition coefficient (Wildman–Crippen LogP) is 3.30. The predicted molar refractivity (Wildman–Crippen MR) is 63.0 cm³/mol. The Hall–Kier alpha value is -2.67. The fourth-order valence-corrected chi connectivity index (χ4v) is 1.45. The van der Waals surface area contributed by atoms with Crippen LogP contribution in [0.3, 0.4) is 0 Å². The fraction of sp³-hybridized carbons (Fsp3) is 0. The first-order valence-corrected chi connectivity index (χ1v) is 5.16. The molecule has 0 bridgehead atoms. The number of aldehydes is 1. The third-order valence-electron chi connectivity index (χ3n) is 2.34. The first-order chi connectivity index (χ1) is 8.74. The number of nitrogens with zero attached hydrogens (tertiary/aromatic N) is 1. The SMILES string of the molecule is N#Cc1ccc(Oc2cccc(F)c2C=O)cc1. The molecule has 0 saturated heterocycles. The smallest absolute Gasteiger partial charge is 0.156 e. The summed E-state index contributed by atoms with van der Waals surface area (Å²) in [6.45, 7) is 0. The minimum absolute atomic E-state index is 0.123. The Morgan fingerprint density at radius 2 is 1.89 bits per heavy atom. The molecule has 0 aliphatic heterocycles. The zero-order chi connectivity index (χ0) is 13.0. The van der Waals surface area contributed by atoms with Crippen molar-refractivity contribution in [1.29, 1.82) is 5.26 Å². The van der Waals surface area contributed by atoms with Crippen molar-refractivity contribution in [2.45, 2.75) is 0 Å². The van der Waals surface area contributed by atoms with Crippen LogP contribution < -0.4 is 4.74 Å².